The minimum Gasteiger partial charge on any atom is -0.480 e. The molecule has 1 aromatic heterocycles. The first-order valence-electron chi connectivity index (χ1n) is 6.10. The molecule has 1 amide bonds. The number of rotatable bonds is 2. The Balaban J connectivity index is 2.44. The van der Waals surface area contributed by atoms with Gasteiger partial charge in [0.25, 0.3) is 11.5 Å². The molecular weight excluding hydrogens is 266 g/mol. The quantitative estimate of drug-likeness (QED) is 0.642. The van der Waals surface area contributed by atoms with Crippen molar-refractivity contribution in [2.24, 2.45) is 0 Å². The number of carbonyl (C=O) groups is 2. The zero-order chi connectivity index (χ0) is 15.0. The predicted octanol–water partition coefficient (Wildman–Crippen LogP) is -0.953. The molecule has 3 N–H and O–H groups in total. The summed E-state index contributed by atoms with van der Waals surface area (Å²) in [5.74, 6) is -1.90. The van der Waals surface area contributed by atoms with Gasteiger partial charge in [-0.15, -0.1) is 0 Å². The van der Waals surface area contributed by atoms with E-state index in [0.29, 0.717) is 11.3 Å². The third-order valence-corrected chi connectivity index (χ3v) is 3.51. The number of H-pyrrole nitrogens is 1. The van der Waals surface area contributed by atoms with Crippen molar-refractivity contribution in [3.63, 3.8) is 0 Å². The van der Waals surface area contributed by atoms with Gasteiger partial charge in [-0.05, 0) is 19.4 Å². The Labute approximate surface area is 114 Å². The van der Waals surface area contributed by atoms with E-state index in [9.17, 15) is 19.5 Å². The number of aliphatic hydroxyl groups is 1. The van der Waals surface area contributed by atoms with Gasteiger partial charge in [0.1, 0.15) is 11.6 Å². The summed E-state index contributed by atoms with van der Waals surface area (Å²) >= 11 is 0. The average molecular weight is 281 g/mol. The van der Waals surface area contributed by atoms with E-state index in [1.54, 1.807) is 13.8 Å². The SMILES string of the molecule is Cc1n[nH]c(=O)c(C(=O)N2C[C@H](O)C[C@@H]2C(=O)O)c1C. The molecule has 1 aliphatic heterocycles. The first-order chi connectivity index (χ1) is 9.32. The summed E-state index contributed by atoms with van der Waals surface area (Å²) in [6, 6.07) is -1.12. The van der Waals surface area contributed by atoms with Crippen molar-refractivity contribution >= 4 is 11.9 Å². The molecule has 2 heterocycles. The Morgan fingerprint density at radius 1 is 1.40 bits per heavy atom. The first-order valence-corrected chi connectivity index (χ1v) is 6.10. The Hall–Kier alpha value is -2.22. The van der Waals surface area contributed by atoms with Crippen LogP contribution in [0, 0.1) is 13.8 Å². The maximum atomic E-state index is 12.4. The third-order valence-electron chi connectivity index (χ3n) is 3.51. The number of aliphatic carboxylic acids is 1. The number of nitrogens with zero attached hydrogens (tertiary/aromatic N) is 2. The number of aryl methyl sites for hydroxylation is 1. The fourth-order valence-corrected chi connectivity index (χ4v) is 2.30. The molecule has 20 heavy (non-hydrogen) atoms. The lowest BCUT2D eigenvalue weighted by Gasteiger charge is -2.21. The van der Waals surface area contributed by atoms with E-state index in [2.05, 4.69) is 10.2 Å². The molecule has 0 aliphatic carbocycles. The number of amides is 1. The van der Waals surface area contributed by atoms with Crippen LogP contribution < -0.4 is 5.56 Å². The molecule has 2 rings (SSSR count). The highest BCUT2D eigenvalue weighted by Crippen LogP contribution is 2.21. The summed E-state index contributed by atoms with van der Waals surface area (Å²) in [7, 11) is 0. The lowest BCUT2D eigenvalue weighted by Crippen LogP contribution is -2.43. The molecule has 1 aliphatic rings. The van der Waals surface area contributed by atoms with Crippen LogP contribution in [0.5, 0.6) is 0 Å². The van der Waals surface area contributed by atoms with Gasteiger partial charge in [0, 0.05) is 13.0 Å². The van der Waals surface area contributed by atoms with Crippen molar-refractivity contribution in [3.05, 3.63) is 27.2 Å². The average Bonchev–Trinajstić information content (AvgIpc) is 2.76. The fraction of sp³-hybridized carbons (Fsp3) is 0.500. The highest BCUT2D eigenvalue weighted by Gasteiger charge is 2.40. The molecule has 2 atom stereocenters. The van der Waals surface area contributed by atoms with E-state index in [1.807, 2.05) is 0 Å². The summed E-state index contributed by atoms with van der Waals surface area (Å²) < 4.78 is 0. The number of likely N-dealkylation sites (tertiary alicyclic amines) is 1. The van der Waals surface area contributed by atoms with Gasteiger partial charge in [-0.1, -0.05) is 0 Å². The molecule has 0 saturated carbocycles. The lowest BCUT2D eigenvalue weighted by molar-refractivity contribution is -0.141. The van der Waals surface area contributed by atoms with Crippen LogP contribution >= 0.6 is 0 Å². The Bertz CT molecular complexity index is 624. The minimum absolute atomic E-state index is 0.0396. The smallest absolute Gasteiger partial charge is 0.326 e. The van der Waals surface area contributed by atoms with Crippen molar-refractivity contribution in [1.82, 2.24) is 15.1 Å². The number of hydrogen-bond acceptors (Lipinski definition) is 5. The van der Waals surface area contributed by atoms with Crippen LogP contribution in [0.15, 0.2) is 4.79 Å². The van der Waals surface area contributed by atoms with E-state index < -0.39 is 29.6 Å². The third kappa shape index (κ3) is 2.29. The van der Waals surface area contributed by atoms with Crippen molar-refractivity contribution in [3.8, 4) is 0 Å². The van der Waals surface area contributed by atoms with Gasteiger partial charge in [0.2, 0.25) is 0 Å². The van der Waals surface area contributed by atoms with Crippen LogP contribution in [0.25, 0.3) is 0 Å². The molecule has 8 heteroatoms. The second-order valence-corrected chi connectivity index (χ2v) is 4.84. The normalized spacial score (nSPS) is 22.1. The van der Waals surface area contributed by atoms with E-state index in [0.717, 1.165) is 4.90 Å². The topological polar surface area (TPSA) is 124 Å². The van der Waals surface area contributed by atoms with Crippen molar-refractivity contribution in [2.75, 3.05) is 6.54 Å². The number of aromatic amines is 1. The molecule has 1 saturated heterocycles. The van der Waals surface area contributed by atoms with Gasteiger partial charge in [0.05, 0.1) is 11.8 Å². The Morgan fingerprint density at radius 3 is 2.65 bits per heavy atom. The first kappa shape index (κ1) is 14.2. The summed E-state index contributed by atoms with van der Waals surface area (Å²) in [6.07, 6.45) is -0.940. The largest absolute Gasteiger partial charge is 0.480 e. The van der Waals surface area contributed by atoms with Crippen LogP contribution in [-0.4, -0.2) is 55.9 Å². The van der Waals surface area contributed by atoms with Crippen LogP contribution in [0.1, 0.15) is 28.0 Å². The number of aromatic nitrogens is 2. The lowest BCUT2D eigenvalue weighted by atomic mass is 10.1. The van der Waals surface area contributed by atoms with Gasteiger partial charge in [-0.25, -0.2) is 9.89 Å². The maximum Gasteiger partial charge on any atom is 0.326 e. The predicted molar refractivity (Wildman–Crippen MR) is 67.4 cm³/mol. The van der Waals surface area contributed by atoms with Crippen LogP contribution in [0.3, 0.4) is 0 Å². The number of carbonyl (C=O) groups excluding carboxylic acids is 1. The molecule has 8 nitrogen and oxygen atoms in total. The Morgan fingerprint density at radius 2 is 2.05 bits per heavy atom. The Kier molecular flexibility index (Phi) is 3.58. The fourth-order valence-electron chi connectivity index (χ4n) is 2.30. The minimum atomic E-state index is -1.20. The van der Waals surface area contributed by atoms with Crippen molar-refractivity contribution < 1.29 is 19.8 Å². The van der Waals surface area contributed by atoms with Crippen molar-refractivity contribution in [2.45, 2.75) is 32.4 Å². The maximum absolute atomic E-state index is 12.4. The summed E-state index contributed by atoms with van der Waals surface area (Å²) in [4.78, 5) is 36.3. The molecule has 108 valence electrons. The van der Waals surface area contributed by atoms with Gasteiger partial charge in [-0.3, -0.25) is 9.59 Å². The zero-order valence-corrected chi connectivity index (χ0v) is 11.1. The molecule has 0 unspecified atom stereocenters. The molecular formula is C12H15N3O5. The van der Waals surface area contributed by atoms with Crippen LogP contribution in [-0.2, 0) is 4.79 Å². The van der Waals surface area contributed by atoms with Crippen LogP contribution in [0.4, 0.5) is 0 Å². The molecule has 0 bridgehead atoms. The standard InChI is InChI=1S/C12H15N3O5/c1-5-6(2)13-14-10(17)9(5)11(18)15-4-7(16)3-8(15)12(19)20/h7-8,16H,3-4H2,1-2H3,(H,14,17)(H,19,20)/t7-,8-/m1/s1. The van der Waals surface area contributed by atoms with Gasteiger partial charge >= 0.3 is 5.97 Å². The van der Waals surface area contributed by atoms with E-state index in [4.69, 9.17) is 5.11 Å². The number of nitrogens with one attached hydrogen (secondary N) is 1. The number of carboxylic acids is 1. The summed E-state index contributed by atoms with van der Waals surface area (Å²) in [5, 5.41) is 24.6. The number of carboxylic acid groups (broad SMARTS) is 1. The molecule has 1 fully saturated rings. The molecule has 0 spiro atoms. The summed E-state index contributed by atoms with van der Waals surface area (Å²) in [6.45, 7) is 3.11. The van der Waals surface area contributed by atoms with E-state index in [1.165, 1.54) is 0 Å². The molecule has 0 aromatic carbocycles. The highest BCUT2D eigenvalue weighted by atomic mass is 16.4. The second kappa shape index (κ2) is 5.04. The van der Waals surface area contributed by atoms with Crippen LogP contribution in [0.2, 0.25) is 0 Å². The molecule has 0 radical (unpaired) electrons. The van der Waals surface area contributed by atoms with E-state index in [-0.39, 0.29) is 18.5 Å². The molecule has 1 aromatic rings. The van der Waals surface area contributed by atoms with E-state index >= 15 is 0 Å². The second-order valence-electron chi connectivity index (χ2n) is 4.84. The van der Waals surface area contributed by atoms with Crippen molar-refractivity contribution in [1.29, 1.82) is 0 Å². The summed E-state index contributed by atoms with van der Waals surface area (Å²) in [5.41, 5.74) is 0.102. The number of hydrogen-bond donors (Lipinski definition) is 3. The number of β-amino-alcohol motifs (C(OH)–C–C–N with tert-alkyl or cyclic N) is 1. The number of aliphatic hydroxyl groups excluding tert-OH is 1. The van der Waals surface area contributed by atoms with Gasteiger partial charge < -0.3 is 15.1 Å². The zero-order valence-electron chi connectivity index (χ0n) is 11.1. The monoisotopic (exact) mass is 281 g/mol. The highest BCUT2D eigenvalue weighted by molar-refractivity contribution is 5.98. The van der Waals surface area contributed by atoms with Gasteiger partial charge in [-0.2, -0.15) is 5.10 Å². The van der Waals surface area contributed by atoms with Gasteiger partial charge in [0.15, 0.2) is 0 Å².